The third-order valence-electron chi connectivity index (χ3n) is 16.4. The number of carboxylic acid groups (broad SMARTS) is 1. The molecule has 5 aromatic carbocycles. The second-order valence-electron chi connectivity index (χ2n) is 22.1. The van der Waals surface area contributed by atoms with E-state index in [1.807, 2.05) is 30.3 Å². The number of benzene rings is 5. The zero-order valence-corrected chi connectivity index (χ0v) is 50.3. The largest absolute Gasteiger partial charge is 0.524 e. The number of unbranched alkanes of at least 4 members (excludes halogenated alkanes) is 2. The second-order valence-corrected chi connectivity index (χ2v) is 26.2. The summed E-state index contributed by atoms with van der Waals surface area (Å²) in [6, 6.07) is 23.6. The summed E-state index contributed by atoms with van der Waals surface area (Å²) in [4.78, 5) is 132. The lowest BCUT2D eigenvalue weighted by molar-refractivity contribution is -0.205. The van der Waals surface area contributed by atoms with E-state index in [1.165, 1.54) is 63.7 Å². The topological polar surface area (TPSA) is 270 Å². The van der Waals surface area contributed by atoms with Crippen molar-refractivity contribution < 1.29 is 71.8 Å². The molecule has 5 aromatic rings. The summed E-state index contributed by atoms with van der Waals surface area (Å²) in [5, 5.41) is 14.9. The minimum absolute atomic E-state index is 0.0347. The summed E-state index contributed by atoms with van der Waals surface area (Å²) in [5.74, 6) is -2.66. The van der Waals surface area contributed by atoms with Crippen molar-refractivity contribution in [2.45, 2.75) is 74.3 Å². The number of amides is 7. The standard InChI is InChI=1S/C59H61Cl2N6O15PS2/c1-63(56(75)80-30-35-12-5-10-17-47(35)85-84-31-42(53(71)72)62-48(68)18-4-3-11-21-65-49(69)19-20-50(65)70)22-23-64(2)57(76)81-45-24-43-51(40-15-8-6-13-38(40)45)36(26-60)28-66(43)54(73)58-32-59(33-58,34-58)55(74)67-29-37(27-61)52-41-16-9-7-14-39(41)46(25-44(52)67)82-83(77,78)79/h5-10,12-17,19-20,24-25,36-37,42H,3-4,11,18,21-23,26-34H2,1-2H3,(H,62,68)(H,71,72)(H2,77,78,79)/t36?,37-,42+,58?,59?/m1/s1. The van der Waals surface area contributed by atoms with Gasteiger partial charge in [0.25, 0.3) is 11.8 Å². The number of alkyl halides is 2. The van der Waals surface area contributed by atoms with Gasteiger partial charge in [0.15, 0.2) is 0 Å². The number of halogens is 2. The van der Waals surface area contributed by atoms with Crippen molar-refractivity contribution in [3.8, 4) is 11.5 Å². The maximum atomic E-state index is 14.9. The first-order valence-corrected chi connectivity index (χ1v) is 32.4. The van der Waals surface area contributed by atoms with Gasteiger partial charge in [-0.15, -0.1) is 23.2 Å². The van der Waals surface area contributed by atoms with E-state index in [-0.39, 0.29) is 110 Å². The number of carbonyl (C=O) groups excluding carboxylic acids is 7. The summed E-state index contributed by atoms with van der Waals surface area (Å²) in [6.45, 7) is 0.769. The minimum Gasteiger partial charge on any atom is -0.480 e. The Morgan fingerprint density at radius 3 is 1.80 bits per heavy atom. The van der Waals surface area contributed by atoms with Crippen LogP contribution >= 0.6 is 52.6 Å². The number of hydrogen-bond acceptors (Lipinski definition) is 14. The molecule has 7 amide bonds. The number of nitrogens with zero attached hydrogens (tertiary/aromatic N) is 5. The van der Waals surface area contributed by atoms with Crippen LogP contribution in [0.15, 0.2) is 102 Å². The Kier molecular flexibility index (Phi) is 18.2. The second kappa shape index (κ2) is 25.2. The van der Waals surface area contributed by atoms with Crippen LogP contribution in [0.5, 0.6) is 11.5 Å². The van der Waals surface area contributed by atoms with Crippen LogP contribution < -0.4 is 24.4 Å². The molecule has 0 spiro atoms. The number of ether oxygens (including phenoxy) is 2. The molecule has 85 heavy (non-hydrogen) atoms. The van der Waals surface area contributed by atoms with Crippen molar-refractivity contribution in [1.82, 2.24) is 20.0 Å². The molecule has 26 heteroatoms. The SMILES string of the molecule is CN(CCN(C)C(=O)Oc1cc2c(c3ccccc13)C(CCl)CN2C(=O)C12CC(C(=O)N3C[C@@H](CCl)c4c3cc(OP(=O)(O)O)c3ccccc43)(C1)C2)C(=O)OCc1ccccc1SSC[C@H](NC(=O)CCCCCN1C(=O)C=CC1=O)C(=O)O. The van der Waals surface area contributed by atoms with E-state index in [1.54, 1.807) is 58.3 Å². The first kappa shape index (κ1) is 61.2. The predicted octanol–water partition coefficient (Wildman–Crippen LogP) is 9.17. The van der Waals surface area contributed by atoms with Crippen molar-refractivity contribution in [3.05, 3.63) is 114 Å². The Morgan fingerprint density at radius 1 is 0.729 bits per heavy atom. The van der Waals surface area contributed by atoms with Gasteiger partial charge in [0.1, 0.15) is 24.1 Å². The van der Waals surface area contributed by atoms with Crippen LogP contribution in [0.2, 0.25) is 0 Å². The lowest BCUT2D eigenvalue weighted by Gasteiger charge is -2.69. The smallest absolute Gasteiger partial charge is 0.480 e. The average Bonchev–Trinajstić information content (AvgIpc) is 1.42. The van der Waals surface area contributed by atoms with Crippen LogP contribution in [0, 0.1) is 10.8 Å². The lowest BCUT2D eigenvalue weighted by Crippen LogP contribution is -2.73. The van der Waals surface area contributed by atoms with Gasteiger partial charge >= 0.3 is 26.0 Å². The van der Waals surface area contributed by atoms with Crippen molar-refractivity contribution in [2.24, 2.45) is 10.8 Å². The van der Waals surface area contributed by atoms with Gasteiger partial charge in [-0.3, -0.25) is 38.7 Å². The molecule has 3 heterocycles. The summed E-state index contributed by atoms with van der Waals surface area (Å²) < 4.78 is 28.9. The molecule has 3 aliphatic carbocycles. The molecule has 2 bridgehead atoms. The van der Waals surface area contributed by atoms with Crippen molar-refractivity contribution >= 4 is 133 Å². The van der Waals surface area contributed by atoms with Crippen molar-refractivity contribution in [2.75, 3.05) is 74.1 Å². The lowest BCUT2D eigenvalue weighted by atomic mass is 9.34. The van der Waals surface area contributed by atoms with Crippen molar-refractivity contribution in [1.29, 1.82) is 0 Å². The highest BCUT2D eigenvalue weighted by atomic mass is 35.5. The Bertz CT molecular complexity index is 3590. The highest BCUT2D eigenvalue weighted by molar-refractivity contribution is 8.76. The third kappa shape index (κ3) is 12.6. The van der Waals surface area contributed by atoms with Gasteiger partial charge in [-0.2, -0.15) is 0 Å². The molecule has 3 fully saturated rings. The molecule has 3 atom stereocenters. The number of likely N-dealkylation sites (N-methyl/N-ethyl adjacent to an activating group) is 2. The molecule has 0 radical (unpaired) electrons. The van der Waals surface area contributed by atoms with E-state index < -0.39 is 48.8 Å². The van der Waals surface area contributed by atoms with E-state index in [4.69, 9.17) is 37.2 Å². The van der Waals surface area contributed by atoms with E-state index in [0.29, 0.717) is 76.5 Å². The Morgan fingerprint density at radius 2 is 1.25 bits per heavy atom. The third-order valence-corrected chi connectivity index (χ3v) is 20.0. The Hall–Kier alpha value is -6.85. The Labute approximate surface area is 506 Å². The highest BCUT2D eigenvalue weighted by Gasteiger charge is 2.76. The molecule has 3 saturated carbocycles. The highest BCUT2D eigenvalue weighted by Crippen LogP contribution is 2.75. The number of nitrogens with one attached hydrogen (secondary N) is 1. The van der Waals surface area contributed by atoms with Crippen LogP contribution in [0.3, 0.4) is 0 Å². The molecule has 4 N–H and O–H groups in total. The summed E-state index contributed by atoms with van der Waals surface area (Å²) in [6.07, 6.45) is 3.53. The van der Waals surface area contributed by atoms with Gasteiger partial charge in [0, 0.05) is 128 Å². The van der Waals surface area contributed by atoms with Gasteiger partial charge in [-0.25, -0.2) is 18.9 Å². The number of anilines is 2. The van der Waals surface area contributed by atoms with Gasteiger partial charge in [-0.1, -0.05) is 94.7 Å². The number of carbonyl (C=O) groups is 8. The van der Waals surface area contributed by atoms with Gasteiger partial charge in [-0.05, 0) is 60.1 Å². The number of hydrogen-bond donors (Lipinski definition) is 4. The molecular weight excluding hydrogens is 1200 g/mol. The van der Waals surface area contributed by atoms with Gasteiger partial charge < -0.3 is 44.0 Å². The van der Waals surface area contributed by atoms with E-state index >= 15 is 0 Å². The molecule has 3 aliphatic heterocycles. The zero-order chi connectivity index (χ0) is 60.5. The van der Waals surface area contributed by atoms with Crippen LogP contribution in [0.25, 0.3) is 21.5 Å². The molecule has 21 nitrogen and oxygen atoms in total. The zero-order valence-electron chi connectivity index (χ0n) is 46.3. The van der Waals surface area contributed by atoms with E-state index in [9.17, 15) is 57.8 Å². The first-order chi connectivity index (χ1) is 40.6. The van der Waals surface area contributed by atoms with Crippen LogP contribution in [0.1, 0.15) is 73.5 Å². The fourth-order valence-electron chi connectivity index (χ4n) is 12.2. The van der Waals surface area contributed by atoms with Gasteiger partial charge in [0.2, 0.25) is 17.7 Å². The van der Waals surface area contributed by atoms with Crippen molar-refractivity contribution in [3.63, 3.8) is 0 Å². The van der Waals surface area contributed by atoms with Crippen LogP contribution in [0.4, 0.5) is 21.0 Å². The molecule has 11 rings (SSSR count). The van der Waals surface area contributed by atoms with E-state index in [2.05, 4.69) is 5.32 Å². The minimum atomic E-state index is -4.97. The summed E-state index contributed by atoms with van der Waals surface area (Å²) in [7, 11) is 0.564. The molecule has 6 aliphatic rings. The number of fused-ring (bicyclic) bond motifs is 6. The summed E-state index contributed by atoms with van der Waals surface area (Å²) in [5.41, 5.74) is 1.62. The fourth-order valence-corrected chi connectivity index (χ4v) is 15.5. The molecule has 448 valence electrons. The van der Waals surface area contributed by atoms with Crippen LogP contribution in [-0.4, -0.2) is 148 Å². The number of carboxylic acids is 1. The fraction of sp³-hybridized carbons (Fsp3) is 0.390. The normalized spacial score (nSPS) is 20.4. The monoisotopic (exact) mass is 1260 g/mol. The maximum absolute atomic E-state index is 14.9. The number of phosphoric acid groups is 1. The predicted molar refractivity (Wildman–Crippen MR) is 321 cm³/mol. The number of rotatable bonds is 24. The van der Waals surface area contributed by atoms with Gasteiger partial charge in [0.05, 0.1) is 22.2 Å². The average molecular weight is 1260 g/mol. The number of aliphatic carboxylic acids is 1. The molecule has 0 saturated heterocycles. The molecule has 1 unspecified atom stereocenters. The Balaban J connectivity index is 0.722. The van der Waals surface area contributed by atoms with Crippen LogP contribution in [-0.2, 0) is 44.7 Å². The molecular formula is C59H61Cl2N6O15PS2. The molecule has 0 aromatic heterocycles. The maximum Gasteiger partial charge on any atom is 0.524 e. The quantitative estimate of drug-likeness (QED) is 0.0147. The first-order valence-electron chi connectivity index (χ1n) is 27.5. The summed E-state index contributed by atoms with van der Waals surface area (Å²) >= 11 is 13.1. The number of phosphoric ester groups is 1. The number of imide groups is 1. The van der Waals surface area contributed by atoms with E-state index in [0.717, 1.165) is 21.4 Å².